The maximum Gasteiger partial charge on any atom is 0.343 e. The van der Waals surface area contributed by atoms with Crippen LogP contribution in [0.1, 0.15) is 44.4 Å². The molecule has 0 aliphatic heterocycles. The molecule has 0 fully saturated rings. The predicted molar refractivity (Wildman–Crippen MR) is 118 cm³/mol. The van der Waals surface area contributed by atoms with Crippen LogP contribution in [0.4, 0.5) is 5.69 Å². The minimum absolute atomic E-state index is 0.132. The lowest BCUT2D eigenvalue weighted by atomic mass is 9.85. The summed E-state index contributed by atoms with van der Waals surface area (Å²) in [6.45, 7) is 3.47. The normalized spacial score (nSPS) is 11.0. The number of aryl methyl sites for hydroxylation is 2. The summed E-state index contributed by atoms with van der Waals surface area (Å²) >= 11 is 0. The minimum Gasteiger partial charge on any atom is -0.423 e. The molecule has 33 heavy (non-hydrogen) atoms. The van der Waals surface area contributed by atoms with Gasteiger partial charge in [-0.25, -0.2) is 4.79 Å². The van der Waals surface area contributed by atoms with Gasteiger partial charge in [-0.3, -0.25) is 29.9 Å². The summed E-state index contributed by atoms with van der Waals surface area (Å²) in [7, 11) is 0. The fourth-order valence-corrected chi connectivity index (χ4v) is 3.70. The third-order valence-electron chi connectivity index (χ3n) is 5.34. The molecule has 2 aromatic heterocycles. The molecular formula is C22H19N5O6. The van der Waals surface area contributed by atoms with Crippen LogP contribution in [0.25, 0.3) is 0 Å². The van der Waals surface area contributed by atoms with Gasteiger partial charge in [0.2, 0.25) is 0 Å². The number of ether oxygens (including phenoxy) is 1. The van der Waals surface area contributed by atoms with Gasteiger partial charge >= 0.3 is 5.97 Å². The van der Waals surface area contributed by atoms with Crippen LogP contribution >= 0.6 is 0 Å². The van der Waals surface area contributed by atoms with E-state index in [-0.39, 0.29) is 28.1 Å². The van der Waals surface area contributed by atoms with Crippen molar-refractivity contribution in [3.05, 3.63) is 113 Å². The summed E-state index contributed by atoms with van der Waals surface area (Å²) in [6, 6.07) is 11.5. The number of carbonyl (C=O) groups excluding carboxylic acids is 1. The highest BCUT2D eigenvalue weighted by Crippen LogP contribution is 2.32. The molecule has 0 atom stereocenters. The highest BCUT2D eigenvalue weighted by Gasteiger charge is 2.28. The van der Waals surface area contributed by atoms with E-state index in [0.29, 0.717) is 28.1 Å². The molecule has 0 saturated heterocycles. The number of hydrogen-bond donors (Lipinski definition) is 4. The van der Waals surface area contributed by atoms with Gasteiger partial charge in [0.1, 0.15) is 5.75 Å². The van der Waals surface area contributed by atoms with E-state index in [1.807, 2.05) is 0 Å². The standard InChI is InChI=1S/C22H19N5O6/c1-11-17(20(28)25-23-11)19(18-12(2)24-26-21(18)29)13-5-9-16(10-6-13)33-22(30)14-3-7-15(8-4-14)27(31)32/h3-10,19H,1-2H3,(H2,23,25,28)(H2,24,26,29). The van der Waals surface area contributed by atoms with Gasteiger partial charge < -0.3 is 14.9 Å². The van der Waals surface area contributed by atoms with Crippen molar-refractivity contribution in [2.24, 2.45) is 0 Å². The Kier molecular flexibility index (Phi) is 5.53. The second kappa shape index (κ2) is 8.46. The molecular weight excluding hydrogens is 430 g/mol. The predicted octanol–water partition coefficient (Wildman–Crippen LogP) is 2.64. The van der Waals surface area contributed by atoms with Crippen molar-refractivity contribution >= 4 is 11.7 Å². The SMILES string of the molecule is Cc1[nH][nH]c(=O)c1C(c1ccc(OC(=O)c2ccc([N+](=O)[O-])cc2)cc1)c1c(C)[nH][nH]c1=O. The number of benzene rings is 2. The average molecular weight is 449 g/mol. The van der Waals surface area contributed by atoms with Crippen molar-refractivity contribution in [1.29, 1.82) is 0 Å². The lowest BCUT2D eigenvalue weighted by Crippen LogP contribution is -2.20. The smallest absolute Gasteiger partial charge is 0.343 e. The van der Waals surface area contributed by atoms with Gasteiger partial charge in [0.05, 0.1) is 21.6 Å². The fourth-order valence-electron chi connectivity index (χ4n) is 3.70. The molecule has 4 rings (SSSR count). The molecule has 11 nitrogen and oxygen atoms in total. The summed E-state index contributed by atoms with van der Waals surface area (Å²) in [5.74, 6) is -1.10. The Bertz CT molecular complexity index is 1390. The molecule has 0 aliphatic rings. The zero-order valence-electron chi connectivity index (χ0n) is 17.6. The number of aromatic amines is 4. The topological polar surface area (TPSA) is 167 Å². The van der Waals surface area contributed by atoms with Gasteiger partial charge in [-0.15, -0.1) is 0 Å². The number of rotatable bonds is 6. The maximum atomic E-state index is 12.5. The molecule has 0 unspecified atom stereocenters. The number of hydrogen-bond acceptors (Lipinski definition) is 6. The van der Waals surface area contributed by atoms with Crippen molar-refractivity contribution in [2.45, 2.75) is 19.8 Å². The number of aromatic nitrogens is 4. The Labute approximate surface area is 185 Å². The first-order valence-corrected chi connectivity index (χ1v) is 9.87. The lowest BCUT2D eigenvalue weighted by molar-refractivity contribution is -0.384. The minimum atomic E-state index is -0.676. The van der Waals surface area contributed by atoms with Gasteiger partial charge in [0.25, 0.3) is 16.8 Å². The van der Waals surface area contributed by atoms with E-state index in [1.165, 1.54) is 24.3 Å². The highest BCUT2D eigenvalue weighted by atomic mass is 16.6. The Morgan fingerprint density at radius 1 is 0.848 bits per heavy atom. The molecule has 4 N–H and O–H groups in total. The quantitative estimate of drug-likeness (QED) is 0.153. The number of H-pyrrole nitrogens is 4. The molecule has 11 heteroatoms. The monoisotopic (exact) mass is 449 g/mol. The van der Waals surface area contributed by atoms with Crippen molar-refractivity contribution in [1.82, 2.24) is 20.4 Å². The molecule has 168 valence electrons. The van der Waals surface area contributed by atoms with E-state index < -0.39 is 16.8 Å². The van der Waals surface area contributed by atoms with E-state index in [0.717, 1.165) is 0 Å². The molecule has 2 heterocycles. The molecule has 0 aliphatic carbocycles. The van der Waals surface area contributed by atoms with E-state index in [4.69, 9.17) is 4.74 Å². The average Bonchev–Trinajstić information content (AvgIpc) is 3.31. The van der Waals surface area contributed by atoms with Crippen LogP contribution in [0, 0.1) is 24.0 Å². The number of carbonyl (C=O) groups is 1. The second-order valence-electron chi connectivity index (χ2n) is 7.43. The van der Waals surface area contributed by atoms with Gasteiger partial charge in [-0.2, -0.15) is 0 Å². The number of esters is 1. The summed E-state index contributed by atoms with van der Waals surface area (Å²) < 4.78 is 5.35. The van der Waals surface area contributed by atoms with Gasteiger partial charge in [0.15, 0.2) is 0 Å². The summed E-state index contributed by atoms with van der Waals surface area (Å²) in [5.41, 5.74) is 1.98. The van der Waals surface area contributed by atoms with Gasteiger partial charge in [-0.1, -0.05) is 12.1 Å². The summed E-state index contributed by atoms with van der Waals surface area (Å²) in [4.78, 5) is 47.5. The van der Waals surface area contributed by atoms with Crippen LogP contribution in [0.2, 0.25) is 0 Å². The summed E-state index contributed by atoms with van der Waals surface area (Å²) in [5, 5.41) is 21.4. The van der Waals surface area contributed by atoms with E-state index >= 15 is 0 Å². The van der Waals surface area contributed by atoms with Crippen molar-refractivity contribution in [3.63, 3.8) is 0 Å². The van der Waals surface area contributed by atoms with E-state index in [1.54, 1.807) is 38.1 Å². The highest BCUT2D eigenvalue weighted by molar-refractivity contribution is 5.91. The largest absolute Gasteiger partial charge is 0.423 e. The van der Waals surface area contributed by atoms with Crippen LogP contribution in [0.15, 0.2) is 58.1 Å². The van der Waals surface area contributed by atoms with Crippen LogP contribution in [-0.4, -0.2) is 31.3 Å². The fraction of sp³-hybridized carbons (Fsp3) is 0.136. The number of nitrogens with one attached hydrogen (secondary N) is 4. The van der Waals surface area contributed by atoms with E-state index in [2.05, 4.69) is 20.4 Å². The third kappa shape index (κ3) is 4.11. The lowest BCUT2D eigenvalue weighted by Gasteiger charge is -2.16. The van der Waals surface area contributed by atoms with Crippen molar-refractivity contribution < 1.29 is 14.5 Å². The number of nitro benzene ring substituents is 1. The van der Waals surface area contributed by atoms with Crippen LogP contribution in [-0.2, 0) is 0 Å². The Hall–Kier alpha value is -4.67. The first-order valence-electron chi connectivity index (χ1n) is 9.87. The third-order valence-corrected chi connectivity index (χ3v) is 5.34. The maximum absolute atomic E-state index is 12.5. The Morgan fingerprint density at radius 3 is 1.79 bits per heavy atom. The first-order chi connectivity index (χ1) is 15.8. The summed E-state index contributed by atoms with van der Waals surface area (Å²) in [6.07, 6.45) is 0. The van der Waals surface area contributed by atoms with Gasteiger partial charge in [-0.05, 0) is 43.7 Å². The second-order valence-corrected chi connectivity index (χ2v) is 7.43. The van der Waals surface area contributed by atoms with E-state index in [9.17, 15) is 24.5 Å². The zero-order chi connectivity index (χ0) is 23.7. The Morgan fingerprint density at radius 2 is 1.36 bits per heavy atom. The number of nitro groups is 1. The molecule has 4 aromatic rings. The Balaban J connectivity index is 1.65. The van der Waals surface area contributed by atoms with Gasteiger partial charge in [0, 0.05) is 29.4 Å². The number of non-ortho nitro benzene ring substituents is 1. The first kappa shape index (κ1) is 21.6. The molecule has 0 spiro atoms. The van der Waals surface area contributed by atoms with Crippen LogP contribution < -0.4 is 15.9 Å². The molecule has 2 aromatic carbocycles. The van der Waals surface area contributed by atoms with Crippen LogP contribution in [0.3, 0.4) is 0 Å². The zero-order valence-corrected chi connectivity index (χ0v) is 17.6. The van der Waals surface area contributed by atoms with Crippen molar-refractivity contribution in [2.75, 3.05) is 0 Å². The molecule has 0 amide bonds. The molecule has 0 radical (unpaired) electrons. The molecule has 0 bridgehead atoms. The van der Waals surface area contributed by atoms with Crippen LogP contribution in [0.5, 0.6) is 5.75 Å². The van der Waals surface area contributed by atoms with Crippen molar-refractivity contribution in [3.8, 4) is 5.75 Å². The molecule has 0 saturated carbocycles. The number of nitrogens with zero attached hydrogens (tertiary/aromatic N) is 1.